The van der Waals surface area contributed by atoms with Gasteiger partial charge in [0.25, 0.3) is 0 Å². The summed E-state index contributed by atoms with van der Waals surface area (Å²) in [6, 6.07) is 0. The van der Waals surface area contributed by atoms with E-state index < -0.39 is 31.8 Å². The number of alkyl halides is 18. The minimum atomic E-state index is -1.49. The minimum absolute atomic E-state index is 0.257. The molecule has 0 radical (unpaired) electrons. The summed E-state index contributed by atoms with van der Waals surface area (Å²) in [4.78, 5) is 12.5. The maximum Gasteiger partial charge on any atom is 0.347 e. The van der Waals surface area contributed by atoms with E-state index in [1.54, 1.807) is 0 Å². The molecule has 0 aliphatic rings. The summed E-state index contributed by atoms with van der Waals surface area (Å²) >= 11 is 68.7. The van der Waals surface area contributed by atoms with Gasteiger partial charge in [0.15, 0.2) is 16.3 Å². The van der Waals surface area contributed by atoms with Gasteiger partial charge in [-0.25, -0.2) is 4.79 Å². The van der Waals surface area contributed by atoms with Crippen LogP contribution in [0.4, 0.5) is 0 Å². The van der Waals surface area contributed by atoms with Crippen molar-refractivity contribution in [3.05, 3.63) is 0 Å². The van der Waals surface area contributed by atoms with Crippen LogP contribution in [0.25, 0.3) is 0 Å². The predicted octanol–water partition coefficient (Wildman–Crippen LogP) is 13.8. The van der Waals surface area contributed by atoms with E-state index in [1.807, 2.05) is 0 Å². The first-order valence-electron chi connectivity index (χ1n) is 6.31. The van der Waals surface area contributed by atoms with Crippen LogP contribution >= 0.6 is 303 Å². The third kappa shape index (κ3) is 7.05. The van der Waals surface area contributed by atoms with Crippen molar-refractivity contribution in [2.45, 2.75) is 29.6 Å². The van der Waals surface area contributed by atoms with Gasteiger partial charge >= 0.3 is 5.97 Å². The molecule has 0 fully saturated rings. The minimum Gasteiger partial charge on any atom is -0.382 e. The average molecular weight is 1670 g/mol. The fourth-order valence-electron chi connectivity index (χ4n) is 1.51. The lowest BCUT2D eigenvalue weighted by atomic mass is 10.1. The molecule has 0 aromatic carbocycles. The SMILES string of the molecule is O=C(OBr)C(Br)(Br)C(Br)(Br)C(Br)(Br)C(Br)(Br)C(Br)(Br)C(Br)(Br)C(Br)(Br)C(Br)(Br)C(Br)Br. The molecule has 0 saturated heterocycles. The molecule has 31 heavy (non-hydrogen) atoms. The van der Waals surface area contributed by atoms with Crippen LogP contribution in [0.1, 0.15) is 0 Å². The molecule has 0 aromatic heterocycles. The molecular formula is C10HBr19O2. The average Bonchev–Trinajstić information content (AvgIpc) is 2.59. The molecule has 0 aliphatic carbocycles. The van der Waals surface area contributed by atoms with Gasteiger partial charge in [-0.15, -0.1) is 0 Å². The van der Waals surface area contributed by atoms with Crippen molar-refractivity contribution in [2.24, 2.45) is 0 Å². The summed E-state index contributed by atoms with van der Waals surface area (Å²) in [5, 5.41) is 0. The van der Waals surface area contributed by atoms with Crippen molar-refractivity contribution in [1.29, 1.82) is 0 Å². The summed E-state index contributed by atoms with van der Waals surface area (Å²) in [7, 11) is 0. The normalized spacial score (nSPS) is 16.0. The number of carbonyl (C=O) groups is 1. The summed E-state index contributed by atoms with van der Waals surface area (Å²) in [5.74, 6) is -0.685. The Balaban J connectivity index is 6.87. The van der Waals surface area contributed by atoms with E-state index in [1.165, 1.54) is 0 Å². The van der Waals surface area contributed by atoms with Crippen molar-refractivity contribution in [3.8, 4) is 0 Å². The largest absolute Gasteiger partial charge is 0.382 e. The van der Waals surface area contributed by atoms with Gasteiger partial charge in [0.2, 0.25) is 3.23 Å². The molecular weight excluding hydrogens is 1670 g/mol. The van der Waals surface area contributed by atoms with Crippen LogP contribution in [0.5, 0.6) is 0 Å². The number of hydrogen-bond donors (Lipinski definition) is 0. The zero-order chi connectivity index (χ0) is 25.9. The second-order valence-corrected chi connectivity index (χ2v) is 36.4. The Bertz CT molecular complexity index is 679. The van der Waals surface area contributed by atoms with E-state index >= 15 is 0 Å². The molecule has 0 spiro atoms. The highest BCUT2D eigenvalue weighted by Crippen LogP contribution is 2.78. The van der Waals surface area contributed by atoms with Gasteiger partial charge in [0, 0.05) is 0 Å². The van der Waals surface area contributed by atoms with E-state index in [4.69, 9.17) is 3.83 Å². The van der Waals surface area contributed by atoms with E-state index in [0.717, 1.165) is 0 Å². The fourth-order valence-corrected chi connectivity index (χ4v) is 18.6. The summed E-state index contributed by atoms with van der Waals surface area (Å²) < 4.78 is -4.78. The highest BCUT2D eigenvalue weighted by atomic mass is 80.0. The lowest BCUT2D eigenvalue weighted by Crippen LogP contribution is -2.69. The lowest BCUT2D eigenvalue weighted by molar-refractivity contribution is -0.132. The van der Waals surface area contributed by atoms with Gasteiger partial charge in [0.05, 0.1) is 3.74 Å². The molecule has 2 nitrogen and oxygen atoms in total. The van der Waals surface area contributed by atoms with E-state index in [0.29, 0.717) is 0 Å². The summed E-state index contributed by atoms with van der Waals surface area (Å²) in [6.45, 7) is 0. The monoisotopic (exact) mass is 1650 g/mol. The fraction of sp³-hybridized carbons (Fsp3) is 0.900. The second kappa shape index (κ2) is 13.5. The van der Waals surface area contributed by atoms with Crippen LogP contribution in [0.3, 0.4) is 0 Å². The Morgan fingerprint density at radius 2 is 0.774 bits per heavy atom. The van der Waals surface area contributed by atoms with Crippen molar-refractivity contribution in [2.75, 3.05) is 0 Å². The van der Waals surface area contributed by atoms with Gasteiger partial charge in [0.1, 0.15) is 22.6 Å². The topological polar surface area (TPSA) is 26.3 Å². The molecule has 0 aliphatic heterocycles. The van der Waals surface area contributed by atoms with Crippen LogP contribution in [0.15, 0.2) is 0 Å². The van der Waals surface area contributed by atoms with Gasteiger partial charge in [-0.2, -0.15) is 0 Å². The maximum atomic E-state index is 12.5. The first kappa shape index (κ1) is 39.6. The number of carbonyl (C=O) groups excluding carboxylic acids is 1. The molecule has 0 N–H and O–H groups in total. The van der Waals surface area contributed by atoms with Gasteiger partial charge in [-0.05, 0) is 0 Å². The van der Waals surface area contributed by atoms with Crippen LogP contribution in [0.2, 0.25) is 0 Å². The lowest BCUT2D eigenvalue weighted by Gasteiger charge is -2.57. The Morgan fingerprint density at radius 1 is 0.516 bits per heavy atom. The summed E-state index contributed by atoms with van der Waals surface area (Å²) in [6.07, 6.45) is 0. The Kier molecular flexibility index (Phi) is 17.2. The predicted molar refractivity (Wildman–Crippen MR) is 201 cm³/mol. The molecule has 0 heterocycles. The quantitative estimate of drug-likeness (QED) is 0.215. The van der Waals surface area contributed by atoms with Crippen LogP contribution < -0.4 is 0 Å². The molecule has 186 valence electrons. The highest BCUT2D eigenvalue weighted by Gasteiger charge is 2.78. The summed E-state index contributed by atoms with van der Waals surface area (Å²) in [5.41, 5.74) is 0. The van der Waals surface area contributed by atoms with Crippen molar-refractivity contribution in [3.63, 3.8) is 0 Å². The van der Waals surface area contributed by atoms with Crippen LogP contribution in [-0.4, -0.2) is 35.6 Å². The molecule has 0 bridgehead atoms. The Morgan fingerprint density at radius 3 is 1.03 bits per heavy atom. The zero-order valence-electron chi connectivity index (χ0n) is 13.1. The maximum absolute atomic E-state index is 12.5. The van der Waals surface area contributed by atoms with Crippen molar-refractivity contribution < 1.29 is 8.62 Å². The Labute approximate surface area is 339 Å². The number of halogens is 19. The first-order chi connectivity index (χ1) is 13.2. The highest BCUT2D eigenvalue weighted by molar-refractivity contribution is 9.37. The van der Waals surface area contributed by atoms with E-state index in [2.05, 4.69) is 303 Å². The van der Waals surface area contributed by atoms with Gasteiger partial charge < -0.3 is 3.83 Å². The molecule has 0 amide bonds. The van der Waals surface area contributed by atoms with Gasteiger partial charge in [-0.1, -0.05) is 287 Å². The van der Waals surface area contributed by atoms with Crippen molar-refractivity contribution >= 4 is 309 Å². The number of rotatable bonds is 9. The molecule has 0 atom stereocenters. The number of hydrogen-bond acceptors (Lipinski definition) is 2. The Hall–Kier alpha value is 8.59. The van der Waals surface area contributed by atoms with Gasteiger partial charge in [-0.3, -0.25) is 0 Å². The third-order valence-corrected chi connectivity index (χ3v) is 40.7. The second-order valence-electron chi connectivity index (χ2n) is 5.31. The van der Waals surface area contributed by atoms with Crippen molar-refractivity contribution in [1.82, 2.24) is 0 Å². The third-order valence-electron chi connectivity index (χ3n) is 3.39. The molecule has 0 saturated carbocycles. The van der Waals surface area contributed by atoms with E-state index in [-0.39, 0.29) is 3.74 Å². The molecule has 0 aromatic rings. The molecule has 0 rings (SSSR count). The molecule has 21 heteroatoms. The first-order valence-corrected chi connectivity index (χ1v) is 21.5. The van der Waals surface area contributed by atoms with E-state index in [9.17, 15) is 4.79 Å². The van der Waals surface area contributed by atoms with Crippen LogP contribution in [-0.2, 0) is 8.62 Å². The standard InChI is InChI=1S/C10HBr19O2/c11-1(12)3(13,14)5(17,18)7(21,22)9(25,26)10(27,28)8(23,24)6(19,20)4(15,16)2(30)31-29/h1H. The zero-order valence-corrected chi connectivity index (χ0v) is 43.2. The molecule has 0 unspecified atom stereocenters. The smallest absolute Gasteiger partial charge is 0.347 e. The van der Waals surface area contributed by atoms with Crippen LogP contribution in [0, 0.1) is 0 Å².